The van der Waals surface area contributed by atoms with Crippen molar-refractivity contribution >= 4 is 45.1 Å². The average Bonchev–Trinajstić information content (AvgIpc) is 3.23. The second-order valence-electron chi connectivity index (χ2n) is 4.64. The molecule has 3 N–H and O–H groups in total. The molecular weight excluding hydrogens is 342 g/mol. The number of hydrazine groups is 1. The lowest BCUT2D eigenvalue weighted by atomic mass is 10.1. The van der Waals surface area contributed by atoms with Gasteiger partial charge >= 0.3 is 0 Å². The van der Waals surface area contributed by atoms with Crippen LogP contribution < -0.4 is 16.2 Å². The summed E-state index contributed by atoms with van der Waals surface area (Å²) < 4.78 is 0.853. The summed E-state index contributed by atoms with van der Waals surface area (Å²) in [4.78, 5) is 23.3. The van der Waals surface area contributed by atoms with E-state index in [9.17, 15) is 9.59 Å². The van der Waals surface area contributed by atoms with Crippen LogP contribution in [-0.2, 0) is 4.79 Å². The summed E-state index contributed by atoms with van der Waals surface area (Å²) in [5, 5.41) is 2.57. The third kappa shape index (κ3) is 4.01. The van der Waals surface area contributed by atoms with Crippen LogP contribution in [-0.4, -0.2) is 16.9 Å². The first kappa shape index (κ1) is 14.9. The molecule has 0 spiro atoms. The van der Waals surface area contributed by atoms with Gasteiger partial charge in [-0.2, -0.15) is 0 Å². The number of aryl methyl sites for hydroxylation is 1. The van der Waals surface area contributed by atoms with E-state index in [2.05, 4.69) is 32.1 Å². The Morgan fingerprint density at radius 3 is 2.60 bits per heavy atom. The molecule has 106 valence electrons. The Kier molecular flexibility index (Phi) is 4.72. The van der Waals surface area contributed by atoms with Gasteiger partial charge in [0.15, 0.2) is 5.11 Å². The average molecular weight is 356 g/mol. The van der Waals surface area contributed by atoms with Crippen LogP contribution in [0, 0.1) is 12.8 Å². The van der Waals surface area contributed by atoms with Crippen LogP contribution in [0.4, 0.5) is 0 Å². The molecule has 7 heteroatoms. The SMILES string of the molecule is Cc1ccc(C(=O)NC(=S)NNC(=O)C2CC2)cc1Br. The highest BCUT2D eigenvalue weighted by atomic mass is 79.9. The number of thiocarbonyl (C=S) groups is 1. The Hall–Kier alpha value is -1.47. The fourth-order valence-corrected chi connectivity index (χ4v) is 2.03. The molecule has 1 aliphatic carbocycles. The first-order valence-corrected chi connectivity index (χ1v) is 7.35. The minimum atomic E-state index is -0.330. The third-order valence-electron chi connectivity index (χ3n) is 2.91. The Bertz CT molecular complexity index is 573. The standard InChI is InChI=1S/C13H14BrN3O2S/c1-7-2-3-9(6-10(7)14)11(18)15-13(20)17-16-12(19)8-4-5-8/h2-3,6,8H,4-5H2,1H3,(H,16,19)(H2,15,17,18,20). The molecule has 0 unspecified atom stereocenters. The Morgan fingerprint density at radius 1 is 1.30 bits per heavy atom. The summed E-state index contributed by atoms with van der Waals surface area (Å²) in [6.45, 7) is 1.94. The molecular formula is C13H14BrN3O2S. The number of amides is 2. The van der Waals surface area contributed by atoms with E-state index in [1.165, 1.54) is 0 Å². The minimum Gasteiger partial charge on any atom is -0.298 e. The van der Waals surface area contributed by atoms with Gasteiger partial charge < -0.3 is 0 Å². The molecule has 1 saturated carbocycles. The van der Waals surface area contributed by atoms with Crippen LogP contribution in [0.1, 0.15) is 28.8 Å². The van der Waals surface area contributed by atoms with Crippen molar-refractivity contribution in [3.63, 3.8) is 0 Å². The number of hydrogen-bond acceptors (Lipinski definition) is 3. The van der Waals surface area contributed by atoms with Crippen molar-refractivity contribution in [2.75, 3.05) is 0 Å². The van der Waals surface area contributed by atoms with E-state index in [-0.39, 0.29) is 22.8 Å². The van der Waals surface area contributed by atoms with Crippen LogP contribution >= 0.6 is 28.1 Å². The van der Waals surface area contributed by atoms with Crippen LogP contribution in [0.2, 0.25) is 0 Å². The van der Waals surface area contributed by atoms with Crippen molar-refractivity contribution < 1.29 is 9.59 Å². The Morgan fingerprint density at radius 2 is 2.00 bits per heavy atom. The molecule has 0 radical (unpaired) electrons. The van der Waals surface area contributed by atoms with Gasteiger partial charge in [0.1, 0.15) is 0 Å². The molecule has 2 amide bonds. The topological polar surface area (TPSA) is 70.2 Å². The summed E-state index contributed by atoms with van der Waals surface area (Å²) in [6.07, 6.45) is 1.81. The fourth-order valence-electron chi connectivity index (χ4n) is 1.51. The highest BCUT2D eigenvalue weighted by Gasteiger charge is 2.29. The summed E-state index contributed by atoms with van der Waals surface area (Å²) in [5.41, 5.74) is 6.51. The third-order valence-corrected chi connectivity index (χ3v) is 3.97. The van der Waals surface area contributed by atoms with Gasteiger partial charge in [0.05, 0.1) is 0 Å². The maximum absolute atomic E-state index is 11.9. The minimum absolute atomic E-state index is 0.0701. The molecule has 2 rings (SSSR count). The van der Waals surface area contributed by atoms with E-state index in [1.807, 2.05) is 13.0 Å². The lowest BCUT2D eigenvalue weighted by molar-refractivity contribution is -0.122. The maximum atomic E-state index is 11.9. The first-order chi connectivity index (χ1) is 9.47. The molecule has 20 heavy (non-hydrogen) atoms. The zero-order chi connectivity index (χ0) is 14.7. The molecule has 1 aliphatic rings. The number of hydrogen-bond donors (Lipinski definition) is 3. The number of carbonyl (C=O) groups excluding carboxylic acids is 2. The smallest absolute Gasteiger partial charge is 0.257 e. The predicted molar refractivity (Wildman–Crippen MR) is 82.9 cm³/mol. The highest BCUT2D eigenvalue weighted by Crippen LogP contribution is 2.28. The molecule has 1 aromatic rings. The molecule has 0 aromatic heterocycles. The highest BCUT2D eigenvalue weighted by molar-refractivity contribution is 9.10. The van der Waals surface area contributed by atoms with E-state index in [1.54, 1.807) is 12.1 Å². The van der Waals surface area contributed by atoms with Gasteiger partial charge in [-0.15, -0.1) is 0 Å². The Labute approximate surface area is 130 Å². The van der Waals surface area contributed by atoms with Crippen molar-refractivity contribution in [1.82, 2.24) is 16.2 Å². The number of carbonyl (C=O) groups is 2. The lowest BCUT2D eigenvalue weighted by Crippen LogP contribution is -2.48. The fraction of sp³-hybridized carbons (Fsp3) is 0.308. The van der Waals surface area contributed by atoms with E-state index >= 15 is 0 Å². The molecule has 0 saturated heterocycles. The first-order valence-electron chi connectivity index (χ1n) is 6.14. The van der Waals surface area contributed by atoms with Gasteiger partial charge in [-0.3, -0.25) is 25.8 Å². The van der Waals surface area contributed by atoms with E-state index in [0.29, 0.717) is 5.56 Å². The van der Waals surface area contributed by atoms with Crippen LogP contribution in [0.5, 0.6) is 0 Å². The maximum Gasteiger partial charge on any atom is 0.257 e. The van der Waals surface area contributed by atoms with Crippen LogP contribution in [0.3, 0.4) is 0 Å². The monoisotopic (exact) mass is 355 g/mol. The molecule has 1 aromatic carbocycles. The van der Waals surface area contributed by atoms with Gasteiger partial charge in [-0.25, -0.2) is 0 Å². The van der Waals surface area contributed by atoms with Gasteiger partial charge in [-0.05, 0) is 49.7 Å². The van der Waals surface area contributed by atoms with Gasteiger partial charge in [0.25, 0.3) is 5.91 Å². The number of rotatable bonds is 2. The van der Waals surface area contributed by atoms with Gasteiger partial charge in [0.2, 0.25) is 5.91 Å². The molecule has 1 fully saturated rings. The van der Waals surface area contributed by atoms with Crippen LogP contribution in [0.25, 0.3) is 0 Å². The summed E-state index contributed by atoms with van der Waals surface area (Å²) in [6, 6.07) is 5.27. The van der Waals surface area contributed by atoms with Crippen LogP contribution in [0.15, 0.2) is 22.7 Å². The zero-order valence-electron chi connectivity index (χ0n) is 10.8. The quantitative estimate of drug-likeness (QED) is 0.558. The van der Waals surface area contributed by atoms with Crippen molar-refractivity contribution in [3.8, 4) is 0 Å². The second-order valence-corrected chi connectivity index (χ2v) is 5.90. The molecule has 0 aliphatic heterocycles. The zero-order valence-corrected chi connectivity index (χ0v) is 13.2. The second kappa shape index (κ2) is 6.32. The summed E-state index contributed by atoms with van der Waals surface area (Å²) in [7, 11) is 0. The van der Waals surface area contributed by atoms with E-state index < -0.39 is 0 Å². The lowest BCUT2D eigenvalue weighted by Gasteiger charge is -2.10. The number of halogens is 1. The van der Waals surface area contributed by atoms with Gasteiger partial charge in [0, 0.05) is 16.0 Å². The Balaban J connectivity index is 1.84. The van der Waals surface area contributed by atoms with Crippen molar-refractivity contribution in [2.24, 2.45) is 5.92 Å². The number of benzene rings is 1. The molecule has 0 bridgehead atoms. The van der Waals surface area contributed by atoms with Crippen molar-refractivity contribution in [3.05, 3.63) is 33.8 Å². The summed E-state index contributed by atoms with van der Waals surface area (Å²) >= 11 is 8.31. The van der Waals surface area contributed by atoms with Gasteiger partial charge in [-0.1, -0.05) is 22.0 Å². The number of nitrogens with one attached hydrogen (secondary N) is 3. The van der Waals surface area contributed by atoms with Crippen molar-refractivity contribution in [2.45, 2.75) is 19.8 Å². The molecule has 0 atom stereocenters. The largest absolute Gasteiger partial charge is 0.298 e. The van der Waals surface area contributed by atoms with Crippen molar-refractivity contribution in [1.29, 1.82) is 0 Å². The summed E-state index contributed by atoms with van der Waals surface area (Å²) in [5.74, 6) is -0.349. The molecule has 5 nitrogen and oxygen atoms in total. The predicted octanol–water partition coefficient (Wildman–Crippen LogP) is 1.80. The molecule has 0 heterocycles. The van der Waals surface area contributed by atoms with E-state index in [4.69, 9.17) is 12.2 Å². The van der Waals surface area contributed by atoms with E-state index in [0.717, 1.165) is 22.9 Å². The normalized spacial score (nSPS) is 13.5.